The lowest BCUT2D eigenvalue weighted by atomic mass is 10.3. The van der Waals surface area contributed by atoms with Crippen LogP contribution in [0.1, 0.15) is 5.69 Å². The van der Waals surface area contributed by atoms with Crippen LogP contribution < -0.4 is 10.9 Å². The number of halogens is 2. The Morgan fingerprint density at radius 3 is 3.00 bits per heavy atom. The summed E-state index contributed by atoms with van der Waals surface area (Å²) >= 11 is 9.14. The summed E-state index contributed by atoms with van der Waals surface area (Å²) in [5, 5.41) is 3.89. The van der Waals surface area contributed by atoms with Crippen molar-refractivity contribution < 1.29 is 0 Å². The van der Waals surface area contributed by atoms with Crippen LogP contribution in [0.2, 0.25) is 5.02 Å². The first kappa shape index (κ1) is 14.1. The minimum Gasteiger partial charge on any atom is -0.383 e. The van der Waals surface area contributed by atoms with Crippen molar-refractivity contribution in [3.05, 3.63) is 56.1 Å². The van der Waals surface area contributed by atoms with Crippen molar-refractivity contribution in [2.75, 3.05) is 11.9 Å². The molecule has 0 saturated heterocycles. The van der Waals surface area contributed by atoms with Crippen LogP contribution in [0, 0.1) is 6.92 Å². The molecule has 4 nitrogen and oxygen atoms in total. The highest BCUT2D eigenvalue weighted by Gasteiger charge is 2.04. The first-order valence-corrected chi connectivity index (χ1v) is 6.96. The number of benzene rings is 1. The first-order valence-electron chi connectivity index (χ1n) is 5.79. The second-order valence-corrected chi connectivity index (χ2v) is 5.31. The molecule has 0 amide bonds. The molecule has 0 atom stereocenters. The van der Waals surface area contributed by atoms with Gasteiger partial charge in [0.05, 0.1) is 12.0 Å². The predicted molar refractivity (Wildman–Crippen MR) is 80.9 cm³/mol. The van der Waals surface area contributed by atoms with Crippen molar-refractivity contribution in [2.24, 2.45) is 0 Å². The van der Waals surface area contributed by atoms with E-state index in [2.05, 4.69) is 26.2 Å². The monoisotopic (exact) mass is 341 g/mol. The molecule has 1 heterocycles. The molecule has 0 bridgehead atoms. The molecule has 0 unspecified atom stereocenters. The van der Waals surface area contributed by atoms with Crippen molar-refractivity contribution in [1.82, 2.24) is 9.55 Å². The molecule has 6 heteroatoms. The zero-order chi connectivity index (χ0) is 13.8. The van der Waals surface area contributed by atoms with Crippen molar-refractivity contribution >= 4 is 33.2 Å². The highest BCUT2D eigenvalue weighted by molar-refractivity contribution is 9.10. The Hall–Kier alpha value is -1.33. The van der Waals surface area contributed by atoms with Gasteiger partial charge in [0, 0.05) is 23.8 Å². The Morgan fingerprint density at radius 2 is 2.26 bits per heavy atom. The molecule has 1 aromatic heterocycles. The number of hydrogen-bond acceptors (Lipinski definition) is 3. The molecule has 0 saturated carbocycles. The molecule has 100 valence electrons. The number of nitrogens with one attached hydrogen (secondary N) is 1. The lowest BCUT2D eigenvalue weighted by Gasteiger charge is -2.09. The van der Waals surface area contributed by atoms with Gasteiger partial charge in [0.15, 0.2) is 0 Å². The van der Waals surface area contributed by atoms with E-state index < -0.39 is 0 Å². The molecule has 1 aromatic carbocycles. The molecule has 0 fully saturated rings. The Labute approximate surface area is 124 Å². The van der Waals surface area contributed by atoms with Crippen LogP contribution in [-0.4, -0.2) is 16.1 Å². The summed E-state index contributed by atoms with van der Waals surface area (Å²) in [6.45, 7) is 2.95. The maximum atomic E-state index is 11.9. The predicted octanol–water partition coefficient (Wildman–Crippen LogP) is 3.08. The Balaban J connectivity index is 2.00. The van der Waals surface area contributed by atoms with Gasteiger partial charge < -0.3 is 5.32 Å². The normalized spacial score (nSPS) is 10.5. The van der Waals surface area contributed by atoms with E-state index in [9.17, 15) is 4.79 Å². The topological polar surface area (TPSA) is 46.9 Å². The molecule has 0 aliphatic carbocycles. The summed E-state index contributed by atoms with van der Waals surface area (Å²) in [5.41, 5.74) is 1.56. The van der Waals surface area contributed by atoms with Crippen LogP contribution in [0.5, 0.6) is 0 Å². The van der Waals surface area contributed by atoms with Crippen LogP contribution >= 0.6 is 27.5 Å². The lowest BCUT2D eigenvalue weighted by Crippen LogP contribution is -2.25. The number of hydrogen-bond donors (Lipinski definition) is 1. The van der Waals surface area contributed by atoms with E-state index in [0.717, 1.165) is 5.69 Å². The van der Waals surface area contributed by atoms with Gasteiger partial charge in [-0.15, -0.1) is 0 Å². The van der Waals surface area contributed by atoms with Crippen LogP contribution in [0.3, 0.4) is 0 Å². The lowest BCUT2D eigenvalue weighted by molar-refractivity contribution is 0.672. The number of aryl methyl sites for hydroxylation is 1. The van der Waals surface area contributed by atoms with E-state index >= 15 is 0 Å². The maximum Gasteiger partial charge on any atom is 0.267 e. The van der Waals surface area contributed by atoms with Crippen molar-refractivity contribution in [3.63, 3.8) is 0 Å². The Morgan fingerprint density at radius 1 is 1.47 bits per heavy atom. The SMILES string of the molecule is Cc1ncn(CCNc2cccc(Cl)c2)c(=O)c1Br. The molecule has 0 spiro atoms. The van der Waals surface area contributed by atoms with Gasteiger partial charge in [-0.1, -0.05) is 17.7 Å². The molecule has 1 N–H and O–H groups in total. The summed E-state index contributed by atoms with van der Waals surface area (Å²) in [6.07, 6.45) is 1.56. The number of rotatable bonds is 4. The minimum absolute atomic E-state index is 0.0691. The molecule has 0 radical (unpaired) electrons. The Kier molecular flexibility index (Phi) is 4.61. The van der Waals surface area contributed by atoms with E-state index in [1.54, 1.807) is 17.8 Å². The van der Waals surface area contributed by atoms with Crippen LogP contribution in [0.15, 0.2) is 39.9 Å². The molecule has 2 aromatic rings. The summed E-state index contributed by atoms with van der Waals surface area (Å²) in [5.74, 6) is 0. The molecule has 2 rings (SSSR count). The van der Waals surface area contributed by atoms with E-state index in [1.807, 2.05) is 24.3 Å². The van der Waals surface area contributed by atoms with E-state index in [0.29, 0.717) is 28.3 Å². The summed E-state index contributed by atoms with van der Waals surface area (Å²) < 4.78 is 2.08. The number of nitrogens with zero attached hydrogens (tertiary/aromatic N) is 2. The fraction of sp³-hybridized carbons (Fsp3) is 0.231. The third-order valence-electron chi connectivity index (χ3n) is 2.66. The third-order valence-corrected chi connectivity index (χ3v) is 3.81. The van der Waals surface area contributed by atoms with Crippen molar-refractivity contribution in [3.8, 4) is 0 Å². The van der Waals surface area contributed by atoms with Gasteiger partial charge in [0.2, 0.25) is 0 Å². The van der Waals surface area contributed by atoms with Gasteiger partial charge in [-0.3, -0.25) is 9.36 Å². The van der Waals surface area contributed by atoms with Crippen LogP contribution in [0.4, 0.5) is 5.69 Å². The van der Waals surface area contributed by atoms with Crippen LogP contribution in [-0.2, 0) is 6.54 Å². The average molecular weight is 343 g/mol. The quantitative estimate of drug-likeness (QED) is 0.929. The average Bonchev–Trinajstić information content (AvgIpc) is 2.39. The van der Waals surface area contributed by atoms with Gasteiger partial charge in [-0.2, -0.15) is 0 Å². The van der Waals surface area contributed by atoms with Gasteiger partial charge in [0.1, 0.15) is 4.47 Å². The Bertz CT molecular complexity index is 642. The summed E-state index contributed by atoms with van der Waals surface area (Å²) in [4.78, 5) is 16.1. The van der Waals surface area contributed by atoms with E-state index in [4.69, 9.17) is 11.6 Å². The standard InChI is InChI=1S/C13H13BrClN3O/c1-9-12(14)13(19)18(8-17-9)6-5-16-11-4-2-3-10(15)7-11/h2-4,7-8,16H,5-6H2,1H3. The zero-order valence-corrected chi connectivity index (χ0v) is 12.7. The summed E-state index contributed by atoms with van der Waals surface area (Å²) in [7, 11) is 0. The molecule has 19 heavy (non-hydrogen) atoms. The van der Waals surface area contributed by atoms with Gasteiger partial charge in [-0.05, 0) is 41.1 Å². The first-order chi connectivity index (χ1) is 9.08. The largest absolute Gasteiger partial charge is 0.383 e. The van der Waals surface area contributed by atoms with E-state index in [1.165, 1.54) is 0 Å². The summed E-state index contributed by atoms with van der Waals surface area (Å²) in [6, 6.07) is 7.46. The van der Waals surface area contributed by atoms with Gasteiger partial charge >= 0.3 is 0 Å². The van der Waals surface area contributed by atoms with Crippen molar-refractivity contribution in [1.29, 1.82) is 0 Å². The van der Waals surface area contributed by atoms with Gasteiger partial charge in [0.25, 0.3) is 5.56 Å². The highest BCUT2D eigenvalue weighted by Crippen LogP contribution is 2.14. The van der Waals surface area contributed by atoms with Crippen LogP contribution in [0.25, 0.3) is 0 Å². The highest BCUT2D eigenvalue weighted by atomic mass is 79.9. The van der Waals surface area contributed by atoms with Gasteiger partial charge in [-0.25, -0.2) is 4.98 Å². The molecular formula is C13H13BrClN3O. The second-order valence-electron chi connectivity index (χ2n) is 4.08. The minimum atomic E-state index is -0.0691. The molecule has 0 aliphatic rings. The fourth-order valence-electron chi connectivity index (χ4n) is 1.62. The zero-order valence-electron chi connectivity index (χ0n) is 10.4. The number of aromatic nitrogens is 2. The fourth-order valence-corrected chi connectivity index (χ4v) is 2.15. The molecule has 0 aliphatic heterocycles. The van der Waals surface area contributed by atoms with Crippen molar-refractivity contribution in [2.45, 2.75) is 13.5 Å². The number of anilines is 1. The second kappa shape index (κ2) is 6.21. The smallest absolute Gasteiger partial charge is 0.267 e. The molecular weight excluding hydrogens is 330 g/mol. The third kappa shape index (κ3) is 3.58. The maximum absolute atomic E-state index is 11.9. The van der Waals surface area contributed by atoms with E-state index in [-0.39, 0.29) is 5.56 Å².